The van der Waals surface area contributed by atoms with Gasteiger partial charge in [0.1, 0.15) is 0 Å². The summed E-state index contributed by atoms with van der Waals surface area (Å²) < 4.78 is 0. The lowest BCUT2D eigenvalue weighted by Crippen LogP contribution is -2.11. The average molecular weight is 801 g/mol. The van der Waals surface area contributed by atoms with Crippen LogP contribution in [0.5, 0.6) is 0 Å². The summed E-state index contributed by atoms with van der Waals surface area (Å²) in [5.74, 6) is 0. The van der Waals surface area contributed by atoms with Crippen molar-refractivity contribution in [3.8, 4) is 55.6 Å². The molecule has 0 aromatic heterocycles. The first kappa shape index (κ1) is 40.0. The van der Waals surface area contributed by atoms with Gasteiger partial charge in [0.25, 0.3) is 0 Å². The molecule has 0 unspecified atom stereocenters. The molecule has 0 saturated heterocycles. The number of rotatable bonds is 10. The van der Waals surface area contributed by atoms with Crippen LogP contribution in [0.1, 0.15) is 33.4 Å². The number of para-hydroxylation sites is 1. The van der Waals surface area contributed by atoms with Crippen LogP contribution in [0.15, 0.2) is 200 Å². The molecule has 2 heteroatoms. The summed E-state index contributed by atoms with van der Waals surface area (Å²) in [6.07, 6.45) is 0. The van der Waals surface area contributed by atoms with Crippen molar-refractivity contribution < 1.29 is 0 Å². The summed E-state index contributed by atoms with van der Waals surface area (Å²) in [7, 11) is 0. The number of benzene rings is 9. The standard InChI is InChI=1S/C60H52N2/c1-40-17-13-18-41(2)57(40)48-29-33-52(34-30-48)62(53-35-31-49(32-36-53)58-42(3)19-14-20-43(58)4)54-38-50(59-44(5)21-15-22-45(59)6)37-51(39-54)61-60-55(46-23-9-7-10-24-46)27-16-28-56(60)47-25-11-8-12-26-47/h7-39,61H,1-6H3. The Hall–Kier alpha value is -7.42. The van der Waals surface area contributed by atoms with Crippen molar-refractivity contribution in [2.24, 2.45) is 0 Å². The Balaban J connectivity index is 1.26. The minimum absolute atomic E-state index is 1.00. The summed E-state index contributed by atoms with van der Waals surface area (Å²) in [6.45, 7) is 13.2. The van der Waals surface area contributed by atoms with Gasteiger partial charge in [0.2, 0.25) is 0 Å². The van der Waals surface area contributed by atoms with Crippen LogP contribution in [0.2, 0.25) is 0 Å². The van der Waals surface area contributed by atoms with E-state index in [-0.39, 0.29) is 0 Å². The number of anilines is 5. The summed E-state index contributed by atoms with van der Waals surface area (Å²) >= 11 is 0. The molecule has 0 fully saturated rings. The highest BCUT2D eigenvalue weighted by Crippen LogP contribution is 2.44. The van der Waals surface area contributed by atoms with Gasteiger partial charge >= 0.3 is 0 Å². The normalized spacial score (nSPS) is 11.1. The zero-order chi connectivity index (χ0) is 42.7. The van der Waals surface area contributed by atoms with E-state index in [1.807, 2.05) is 0 Å². The third-order valence-electron chi connectivity index (χ3n) is 12.2. The molecule has 9 rings (SSSR count). The molecule has 0 radical (unpaired) electrons. The van der Waals surface area contributed by atoms with E-state index in [9.17, 15) is 0 Å². The molecule has 0 saturated carbocycles. The van der Waals surface area contributed by atoms with Gasteiger partial charge in [-0.3, -0.25) is 0 Å². The molecular formula is C60H52N2. The van der Waals surface area contributed by atoms with Crippen molar-refractivity contribution in [1.82, 2.24) is 0 Å². The van der Waals surface area contributed by atoms with Gasteiger partial charge in [0, 0.05) is 33.9 Å². The largest absolute Gasteiger partial charge is 0.354 e. The first-order valence-corrected chi connectivity index (χ1v) is 21.6. The second-order valence-corrected chi connectivity index (χ2v) is 16.6. The summed E-state index contributed by atoms with van der Waals surface area (Å²) in [5.41, 5.74) is 24.9. The predicted molar refractivity (Wildman–Crippen MR) is 266 cm³/mol. The molecule has 0 amide bonds. The lowest BCUT2D eigenvalue weighted by atomic mass is 9.93. The molecule has 0 heterocycles. The third-order valence-corrected chi connectivity index (χ3v) is 12.2. The Morgan fingerprint density at radius 3 is 1.06 bits per heavy atom. The fourth-order valence-corrected chi connectivity index (χ4v) is 9.32. The number of hydrogen-bond acceptors (Lipinski definition) is 2. The minimum Gasteiger partial charge on any atom is -0.354 e. The highest BCUT2D eigenvalue weighted by atomic mass is 15.1. The highest BCUT2D eigenvalue weighted by molar-refractivity contribution is 5.95. The quantitative estimate of drug-likeness (QED) is 0.148. The maximum atomic E-state index is 4.04. The van der Waals surface area contributed by atoms with Crippen molar-refractivity contribution in [2.45, 2.75) is 41.5 Å². The topological polar surface area (TPSA) is 15.3 Å². The van der Waals surface area contributed by atoms with Crippen LogP contribution in [0.3, 0.4) is 0 Å². The van der Waals surface area contributed by atoms with E-state index in [4.69, 9.17) is 0 Å². The van der Waals surface area contributed by atoms with E-state index < -0.39 is 0 Å². The molecule has 62 heavy (non-hydrogen) atoms. The number of aryl methyl sites for hydroxylation is 6. The van der Waals surface area contributed by atoms with E-state index in [1.54, 1.807) is 0 Å². The molecule has 0 aliphatic heterocycles. The Morgan fingerprint density at radius 2 is 0.661 bits per heavy atom. The molecule has 302 valence electrons. The molecule has 2 nitrogen and oxygen atoms in total. The first-order chi connectivity index (χ1) is 30.2. The maximum absolute atomic E-state index is 4.04. The zero-order valence-corrected chi connectivity index (χ0v) is 36.5. The SMILES string of the molecule is Cc1cccc(C)c1-c1ccc(N(c2ccc(-c3c(C)cccc3C)cc2)c2cc(Nc3c(-c4ccccc4)cccc3-c3ccccc3)cc(-c3c(C)cccc3C)c2)cc1. The lowest BCUT2D eigenvalue weighted by Gasteiger charge is -2.28. The molecule has 0 aliphatic carbocycles. The molecule has 0 atom stereocenters. The van der Waals surface area contributed by atoms with E-state index in [1.165, 1.54) is 61.2 Å². The van der Waals surface area contributed by atoms with Crippen LogP contribution in [0.4, 0.5) is 28.4 Å². The molecule has 9 aromatic rings. The van der Waals surface area contributed by atoms with Gasteiger partial charge in [0.05, 0.1) is 5.69 Å². The van der Waals surface area contributed by atoms with Crippen molar-refractivity contribution in [1.29, 1.82) is 0 Å². The molecule has 0 aliphatic rings. The van der Waals surface area contributed by atoms with Gasteiger partial charge in [-0.1, -0.05) is 158 Å². The zero-order valence-electron chi connectivity index (χ0n) is 36.5. The Bertz CT molecular complexity index is 2800. The van der Waals surface area contributed by atoms with Crippen molar-refractivity contribution in [2.75, 3.05) is 10.2 Å². The molecular weight excluding hydrogens is 749 g/mol. The third kappa shape index (κ3) is 7.96. The fourth-order valence-electron chi connectivity index (χ4n) is 9.32. The van der Waals surface area contributed by atoms with Crippen LogP contribution >= 0.6 is 0 Å². The van der Waals surface area contributed by atoms with E-state index in [0.29, 0.717) is 0 Å². The second-order valence-electron chi connectivity index (χ2n) is 16.6. The molecule has 1 N–H and O–H groups in total. The van der Waals surface area contributed by atoms with Crippen molar-refractivity contribution >= 4 is 28.4 Å². The Kier molecular flexibility index (Phi) is 11.2. The van der Waals surface area contributed by atoms with Crippen LogP contribution < -0.4 is 10.2 Å². The first-order valence-electron chi connectivity index (χ1n) is 21.6. The highest BCUT2D eigenvalue weighted by Gasteiger charge is 2.20. The van der Waals surface area contributed by atoms with Gasteiger partial charge < -0.3 is 10.2 Å². The van der Waals surface area contributed by atoms with Gasteiger partial charge in [0.15, 0.2) is 0 Å². The van der Waals surface area contributed by atoms with Crippen LogP contribution in [0, 0.1) is 41.5 Å². The Morgan fingerprint density at radius 1 is 0.290 bits per heavy atom. The van der Waals surface area contributed by atoms with Crippen molar-refractivity contribution in [3.05, 3.63) is 234 Å². The van der Waals surface area contributed by atoms with Gasteiger partial charge in [-0.25, -0.2) is 0 Å². The monoisotopic (exact) mass is 800 g/mol. The van der Waals surface area contributed by atoms with E-state index >= 15 is 0 Å². The average Bonchev–Trinajstić information content (AvgIpc) is 3.28. The van der Waals surface area contributed by atoms with Gasteiger partial charge in [-0.15, -0.1) is 0 Å². The minimum atomic E-state index is 1.00. The second kappa shape index (κ2) is 17.3. The summed E-state index contributed by atoms with van der Waals surface area (Å²) in [4.78, 5) is 2.41. The number of hydrogen-bond donors (Lipinski definition) is 1. The lowest BCUT2D eigenvalue weighted by molar-refractivity contribution is 1.27. The van der Waals surface area contributed by atoms with E-state index in [0.717, 1.165) is 56.3 Å². The van der Waals surface area contributed by atoms with Gasteiger partial charge in [-0.2, -0.15) is 0 Å². The maximum Gasteiger partial charge on any atom is 0.0543 e. The van der Waals surface area contributed by atoms with Crippen LogP contribution in [0.25, 0.3) is 55.6 Å². The number of nitrogens with one attached hydrogen (secondary N) is 1. The van der Waals surface area contributed by atoms with E-state index in [2.05, 4.69) is 252 Å². The molecule has 9 aromatic carbocycles. The van der Waals surface area contributed by atoms with Crippen LogP contribution in [-0.4, -0.2) is 0 Å². The molecule has 0 bridgehead atoms. The number of nitrogens with zero attached hydrogens (tertiary/aromatic N) is 1. The van der Waals surface area contributed by atoms with Gasteiger partial charge in [-0.05, 0) is 162 Å². The summed E-state index contributed by atoms with van der Waals surface area (Å²) in [5, 5.41) is 4.04. The molecule has 0 spiro atoms. The smallest absolute Gasteiger partial charge is 0.0543 e. The Labute approximate surface area is 367 Å². The summed E-state index contributed by atoms with van der Waals surface area (Å²) in [6, 6.07) is 72.9. The predicted octanol–water partition coefficient (Wildman–Crippen LogP) is 17.1. The van der Waals surface area contributed by atoms with Crippen LogP contribution in [-0.2, 0) is 0 Å². The van der Waals surface area contributed by atoms with Crippen molar-refractivity contribution in [3.63, 3.8) is 0 Å². The fraction of sp³-hybridized carbons (Fsp3) is 0.100.